The second-order valence-electron chi connectivity index (χ2n) is 7.38. The molecular weight excluding hydrogens is 382 g/mol. The summed E-state index contributed by atoms with van der Waals surface area (Å²) in [6, 6.07) is 4.23. The maximum absolute atomic E-state index is 13.1. The van der Waals surface area contributed by atoms with Gasteiger partial charge in [0.1, 0.15) is 22.8 Å². The van der Waals surface area contributed by atoms with Gasteiger partial charge in [0.05, 0.1) is 17.2 Å². The van der Waals surface area contributed by atoms with Crippen molar-refractivity contribution >= 4 is 23.0 Å². The second kappa shape index (κ2) is 5.79. The molecule has 1 aromatic rings. The highest BCUT2D eigenvalue weighted by atomic mass is 16.4. The van der Waals surface area contributed by atoms with Gasteiger partial charge in [-0.3, -0.25) is 14.4 Å². The summed E-state index contributed by atoms with van der Waals surface area (Å²) in [5.41, 5.74) is 1.09. The number of fused-ring (bicyclic) bond motifs is 3. The van der Waals surface area contributed by atoms with Crippen LogP contribution < -0.4 is 5.73 Å². The summed E-state index contributed by atoms with van der Waals surface area (Å²) in [5.74, 6) is -8.48. The number of ketones is 2. The molecule has 1 amide bonds. The number of hydrogen-bond donors (Lipinski definition) is 6. The summed E-state index contributed by atoms with van der Waals surface area (Å²) in [6.07, 6.45) is -2.15. The second-order valence-corrected chi connectivity index (χ2v) is 7.38. The molecule has 29 heavy (non-hydrogen) atoms. The van der Waals surface area contributed by atoms with Crippen LogP contribution in [-0.2, 0) is 9.59 Å². The van der Waals surface area contributed by atoms with Gasteiger partial charge < -0.3 is 31.3 Å². The molecule has 0 saturated heterocycles. The molecule has 4 rings (SSSR count). The van der Waals surface area contributed by atoms with Crippen LogP contribution in [0.25, 0.3) is 5.57 Å². The van der Waals surface area contributed by atoms with E-state index in [1.54, 1.807) is 0 Å². The smallest absolute Gasteiger partial charge is 0.255 e. The highest BCUT2D eigenvalue weighted by molar-refractivity contribution is 6.25. The van der Waals surface area contributed by atoms with Gasteiger partial charge in [-0.25, -0.2) is 0 Å². The molecule has 0 heterocycles. The average molecular weight is 399 g/mol. The quantitative estimate of drug-likeness (QED) is 0.358. The van der Waals surface area contributed by atoms with Gasteiger partial charge in [0.2, 0.25) is 5.78 Å². The van der Waals surface area contributed by atoms with Crippen molar-refractivity contribution in [2.75, 3.05) is 0 Å². The van der Waals surface area contributed by atoms with E-state index in [9.17, 15) is 39.9 Å². The fourth-order valence-corrected chi connectivity index (χ4v) is 4.59. The van der Waals surface area contributed by atoms with E-state index in [0.29, 0.717) is 0 Å². The average Bonchev–Trinajstić information content (AvgIpc) is 2.65. The Morgan fingerprint density at radius 1 is 1.21 bits per heavy atom. The zero-order valence-corrected chi connectivity index (χ0v) is 14.9. The number of carbonyl (C=O) groups excluding carboxylic acids is 3. The monoisotopic (exact) mass is 399 g/mol. The van der Waals surface area contributed by atoms with Crippen LogP contribution in [-0.4, -0.2) is 54.7 Å². The Labute approximate surface area is 163 Å². The molecule has 0 aromatic heterocycles. The fourth-order valence-electron chi connectivity index (χ4n) is 4.59. The van der Waals surface area contributed by atoms with E-state index in [2.05, 4.69) is 6.58 Å². The van der Waals surface area contributed by atoms with Gasteiger partial charge in [-0.05, 0) is 17.2 Å². The lowest BCUT2D eigenvalue weighted by Gasteiger charge is -2.48. The zero-order valence-electron chi connectivity index (χ0n) is 14.9. The van der Waals surface area contributed by atoms with Crippen molar-refractivity contribution in [3.8, 4) is 5.75 Å². The predicted molar refractivity (Wildman–Crippen MR) is 97.5 cm³/mol. The summed E-state index contributed by atoms with van der Waals surface area (Å²) in [6.45, 7) is 3.86. The highest BCUT2D eigenvalue weighted by Gasteiger charge is 2.63. The molecule has 9 nitrogen and oxygen atoms in total. The number of rotatable bonds is 1. The first-order valence-electron chi connectivity index (χ1n) is 8.70. The number of allylic oxidation sites excluding steroid dienone is 1. The SMILES string of the molecule is C=C1c2cccc(O)c2C(=O)C2=C(O)[C@]3(O)C(=O)C(C(N)=O)=C(O)C[C@@H]3[C@@H](O)[C@H]12. The number of aliphatic hydroxyl groups excluding tert-OH is 3. The highest BCUT2D eigenvalue weighted by Crippen LogP contribution is 2.54. The third-order valence-corrected chi connectivity index (χ3v) is 5.97. The Morgan fingerprint density at radius 2 is 1.86 bits per heavy atom. The first-order chi connectivity index (χ1) is 13.5. The maximum atomic E-state index is 13.1. The Balaban J connectivity index is 2.02. The molecule has 0 unspecified atom stereocenters. The van der Waals surface area contributed by atoms with E-state index in [-0.39, 0.29) is 16.7 Å². The van der Waals surface area contributed by atoms with Crippen LogP contribution in [0.15, 0.2) is 47.4 Å². The van der Waals surface area contributed by atoms with Crippen LogP contribution in [0.4, 0.5) is 0 Å². The number of aromatic hydroxyl groups is 1. The minimum atomic E-state index is -2.85. The third kappa shape index (κ3) is 2.13. The number of Topliss-reactive ketones (excluding diaryl/α,β-unsaturated/α-hetero) is 2. The van der Waals surface area contributed by atoms with Crippen molar-refractivity contribution in [1.29, 1.82) is 0 Å². The lowest BCUT2D eigenvalue weighted by Crippen LogP contribution is -2.62. The number of benzene rings is 1. The lowest BCUT2D eigenvalue weighted by molar-refractivity contribution is -0.152. The topological polar surface area (TPSA) is 178 Å². The molecule has 9 heteroatoms. The Hall–Kier alpha value is -3.43. The maximum Gasteiger partial charge on any atom is 0.255 e. The van der Waals surface area contributed by atoms with E-state index in [1.807, 2.05) is 0 Å². The third-order valence-electron chi connectivity index (χ3n) is 5.97. The predicted octanol–water partition coefficient (Wildman–Crippen LogP) is 0.0220. The van der Waals surface area contributed by atoms with Crippen molar-refractivity contribution in [3.05, 3.63) is 58.6 Å². The molecule has 0 radical (unpaired) electrons. The van der Waals surface area contributed by atoms with Gasteiger partial charge >= 0.3 is 0 Å². The number of aliphatic hydroxyl groups is 4. The largest absolute Gasteiger partial charge is 0.511 e. The zero-order chi connectivity index (χ0) is 21.4. The number of primary amides is 1. The van der Waals surface area contributed by atoms with E-state index < -0.39 is 75.8 Å². The molecular formula is C20H17NO8. The van der Waals surface area contributed by atoms with Crippen LogP contribution >= 0.6 is 0 Å². The molecule has 3 aliphatic carbocycles. The van der Waals surface area contributed by atoms with Crippen molar-refractivity contribution in [2.24, 2.45) is 17.6 Å². The summed E-state index contributed by atoms with van der Waals surface area (Å²) >= 11 is 0. The number of hydrogen-bond acceptors (Lipinski definition) is 8. The lowest BCUT2D eigenvalue weighted by atomic mass is 9.58. The van der Waals surface area contributed by atoms with Gasteiger partial charge in [0, 0.05) is 18.3 Å². The molecule has 3 aliphatic rings. The summed E-state index contributed by atoms with van der Waals surface area (Å²) in [5, 5.41) is 53.1. The molecule has 0 fully saturated rings. The molecule has 7 N–H and O–H groups in total. The van der Waals surface area contributed by atoms with Crippen molar-refractivity contribution in [3.63, 3.8) is 0 Å². The number of nitrogens with two attached hydrogens (primary N) is 1. The summed E-state index contributed by atoms with van der Waals surface area (Å²) < 4.78 is 0. The molecule has 150 valence electrons. The van der Waals surface area contributed by atoms with Crippen LogP contribution in [0.5, 0.6) is 5.75 Å². The standard InChI is InChI=1S/C20H17NO8/c1-6-7-3-2-4-9(22)12(7)16(25)14-11(6)15(24)8-5-10(23)13(19(21)28)17(26)20(8,29)18(14)27/h2-4,8,11,15,22-24,27,29H,1,5H2,(H2,21,28)/t8-,11-,15-,20-/m1/s1. The number of phenolic OH excluding ortho intramolecular Hbond substituents is 1. The molecule has 0 saturated carbocycles. The summed E-state index contributed by atoms with van der Waals surface area (Å²) in [4.78, 5) is 37.5. The van der Waals surface area contributed by atoms with Gasteiger partial charge in [-0.1, -0.05) is 18.7 Å². The number of amides is 1. The molecule has 0 aliphatic heterocycles. The first-order valence-corrected chi connectivity index (χ1v) is 8.70. The van der Waals surface area contributed by atoms with Crippen LogP contribution in [0.1, 0.15) is 22.3 Å². The molecule has 0 spiro atoms. The van der Waals surface area contributed by atoms with Crippen molar-refractivity contribution in [1.82, 2.24) is 0 Å². The van der Waals surface area contributed by atoms with E-state index >= 15 is 0 Å². The van der Waals surface area contributed by atoms with Crippen LogP contribution in [0, 0.1) is 11.8 Å². The summed E-state index contributed by atoms with van der Waals surface area (Å²) in [7, 11) is 0. The van der Waals surface area contributed by atoms with Crippen LogP contribution in [0.3, 0.4) is 0 Å². The van der Waals surface area contributed by atoms with Crippen molar-refractivity contribution < 1.29 is 39.9 Å². The van der Waals surface area contributed by atoms with E-state index in [1.165, 1.54) is 18.2 Å². The van der Waals surface area contributed by atoms with Crippen LogP contribution in [0.2, 0.25) is 0 Å². The Kier molecular flexibility index (Phi) is 3.77. The first kappa shape index (κ1) is 18.9. The molecule has 1 aromatic carbocycles. The van der Waals surface area contributed by atoms with Gasteiger partial charge in [0.15, 0.2) is 11.4 Å². The van der Waals surface area contributed by atoms with Gasteiger partial charge in [-0.2, -0.15) is 0 Å². The minimum Gasteiger partial charge on any atom is -0.511 e. The fraction of sp³-hybridized carbons (Fsp3) is 0.250. The van der Waals surface area contributed by atoms with Crippen molar-refractivity contribution in [2.45, 2.75) is 18.1 Å². The van der Waals surface area contributed by atoms with E-state index in [0.717, 1.165) is 0 Å². The number of phenols is 1. The molecule has 4 atom stereocenters. The Morgan fingerprint density at radius 3 is 2.48 bits per heavy atom. The number of carbonyl (C=O) groups is 3. The minimum absolute atomic E-state index is 0.184. The Bertz CT molecular complexity index is 1100. The molecule has 0 bridgehead atoms. The van der Waals surface area contributed by atoms with Gasteiger partial charge in [-0.15, -0.1) is 0 Å². The van der Waals surface area contributed by atoms with E-state index in [4.69, 9.17) is 5.73 Å². The normalized spacial score (nSPS) is 31.4. The van der Waals surface area contributed by atoms with Gasteiger partial charge in [0.25, 0.3) is 5.91 Å².